The first-order valence-corrected chi connectivity index (χ1v) is 12.1. The van der Waals surface area contributed by atoms with Gasteiger partial charge in [0.05, 0.1) is 44.9 Å². The van der Waals surface area contributed by atoms with Gasteiger partial charge in [-0.3, -0.25) is 14.4 Å². The molecule has 3 heterocycles. The van der Waals surface area contributed by atoms with E-state index in [4.69, 9.17) is 23.7 Å². The van der Waals surface area contributed by atoms with Crippen molar-refractivity contribution >= 4 is 24.1 Å². The summed E-state index contributed by atoms with van der Waals surface area (Å²) in [6.45, 7) is -0.0572. The van der Waals surface area contributed by atoms with Crippen molar-refractivity contribution in [1.29, 1.82) is 0 Å². The molecule has 11 heteroatoms. The van der Waals surface area contributed by atoms with Crippen LogP contribution in [0.15, 0.2) is 60.6 Å². The Morgan fingerprint density at radius 1 is 1.03 bits per heavy atom. The molecule has 3 atom stereocenters. The number of hydrogen-bond acceptors (Lipinski definition) is 9. The molecule has 0 saturated carbocycles. The SMILES string of the molecule is COc1ccc(C=O)cc1Oc1cc(C(=O)O[C@H]2C=COC=C3C[C@H]4C(=O)N(C)CC(=O)N4[C@@H]32)ccc1OC. The molecular weight excluding hydrogens is 508 g/mol. The highest BCUT2D eigenvalue weighted by Crippen LogP contribution is 2.39. The summed E-state index contributed by atoms with van der Waals surface area (Å²) < 4.78 is 28.0. The molecule has 0 radical (unpaired) electrons. The number of carbonyl (C=O) groups excluding carboxylic acids is 4. The zero-order valence-electron chi connectivity index (χ0n) is 21.5. The third-order valence-corrected chi connectivity index (χ3v) is 6.83. The van der Waals surface area contributed by atoms with Crippen molar-refractivity contribution in [3.05, 3.63) is 71.7 Å². The summed E-state index contributed by atoms with van der Waals surface area (Å²) in [4.78, 5) is 53.2. The first-order valence-electron chi connectivity index (χ1n) is 12.1. The van der Waals surface area contributed by atoms with Gasteiger partial charge in [-0.2, -0.15) is 0 Å². The molecule has 2 amide bonds. The highest BCUT2D eigenvalue weighted by Gasteiger charge is 2.52. The van der Waals surface area contributed by atoms with Crippen molar-refractivity contribution in [2.45, 2.75) is 24.6 Å². The van der Waals surface area contributed by atoms with Gasteiger partial charge in [0.25, 0.3) is 0 Å². The molecule has 0 bridgehead atoms. The maximum Gasteiger partial charge on any atom is 0.338 e. The van der Waals surface area contributed by atoms with Crippen LogP contribution in [0.25, 0.3) is 0 Å². The Morgan fingerprint density at radius 2 is 1.74 bits per heavy atom. The summed E-state index contributed by atoms with van der Waals surface area (Å²) in [5.41, 5.74) is 1.20. The molecule has 202 valence electrons. The maximum absolute atomic E-state index is 13.3. The minimum Gasteiger partial charge on any atom is -0.493 e. The van der Waals surface area contributed by atoms with Crippen molar-refractivity contribution in [3.63, 3.8) is 0 Å². The van der Waals surface area contributed by atoms with Gasteiger partial charge in [0.15, 0.2) is 23.0 Å². The van der Waals surface area contributed by atoms with Crippen molar-refractivity contribution in [1.82, 2.24) is 9.80 Å². The Bertz CT molecular complexity index is 1400. The van der Waals surface area contributed by atoms with E-state index in [0.29, 0.717) is 28.9 Å². The van der Waals surface area contributed by atoms with E-state index in [1.54, 1.807) is 31.3 Å². The smallest absolute Gasteiger partial charge is 0.338 e. The van der Waals surface area contributed by atoms with Crippen LogP contribution in [0.3, 0.4) is 0 Å². The Morgan fingerprint density at radius 3 is 2.46 bits per heavy atom. The van der Waals surface area contributed by atoms with Crippen molar-refractivity contribution in [3.8, 4) is 23.0 Å². The molecule has 0 spiro atoms. The van der Waals surface area contributed by atoms with E-state index in [9.17, 15) is 19.2 Å². The van der Waals surface area contributed by atoms with Crippen molar-refractivity contribution in [2.24, 2.45) is 0 Å². The summed E-state index contributed by atoms with van der Waals surface area (Å²) in [5, 5.41) is 0. The van der Waals surface area contributed by atoms with Crippen LogP contribution in [0.4, 0.5) is 0 Å². The number of piperazine rings is 1. The zero-order valence-corrected chi connectivity index (χ0v) is 21.5. The van der Waals surface area contributed by atoms with E-state index in [1.165, 1.54) is 54.7 Å². The third kappa shape index (κ3) is 4.78. The van der Waals surface area contributed by atoms with E-state index < -0.39 is 24.2 Å². The minimum atomic E-state index is -0.896. The number of methoxy groups -OCH3 is 2. The molecule has 0 aromatic heterocycles. The number of ether oxygens (including phenoxy) is 5. The number of amides is 2. The number of aldehydes is 1. The quantitative estimate of drug-likeness (QED) is 0.390. The van der Waals surface area contributed by atoms with Gasteiger partial charge in [0.2, 0.25) is 11.8 Å². The number of likely N-dealkylation sites (N-methyl/N-ethyl adjacent to an activating group) is 1. The van der Waals surface area contributed by atoms with Gasteiger partial charge in [-0.15, -0.1) is 0 Å². The van der Waals surface area contributed by atoms with Gasteiger partial charge in [-0.25, -0.2) is 4.79 Å². The molecule has 3 aliphatic rings. The molecule has 5 rings (SSSR count). The topological polar surface area (TPSA) is 121 Å². The number of nitrogens with zero attached hydrogens (tertiary/aromatic N) is 2. The zero-order chi connectivity index (χ0) is 27.7. The summed E-state index contributed by atoms with van der Waals surface area (Å²) in [6, 6.07) is 7.84. The van der Waals surface area contributed by atoms with Crippen LogP contribution < -0.4 is 14.2 Å². The van der Waals surface area contributed by atoms with Crippen LogP contribution in [-0.4, -0.2) is 79.9 Å². The van der Waals surface area contributed by atoms with Crippen LogP contribution in [-0.2, 0) is 19.1 Å². The Hall–Kier alpha value is -4.80. The predicted octanol–water partition coefficient (Wildman–Crippen LogP) is 2.70. The second-order valence-corrected chi connectivity index (χ2v) is 9.18. The molecular formula is C28H26N2O9. The molecule has 0 unspecified atom stereocenters. The van der Waals surface area contributed by atoms with E-state index >= 15 is 0 Å². The van der Waals surface area contributed by atoms with E-state index in [2.05, 4.69) is 0 Å². The molecule has 39 heavy (non-hydrogen) atoms. The lowest BCUT2D eigenvalue weighted by Gasteiger charge is -2.38. The highest BCUT2D eigenvalue weighted by molar-refractivity contribution is 5.96. The maximum atomic E-state index is 13.3. The molecule has 2 fully saturated rings. The van der Waals surface area contributed by atoms with Gasteiger partial charge < -0.3 is 33.5 Å². The van der Waals surface area contributed by atoms with Gasteiger partial charge in [-0.05, 0) is 48.0 Å². The molecule has 2 saturated heterocycles. The number of carbonyl (C=O) groups is 4. The highest BCUT2D eigenvalue weighted by atomic mass is 16.5. The second-order valence-electron chi connectivity index (χ2n) is 9.18. The van der Waals surface area contributed by atoms with Gasteiger partial charge >= 0.3 is 5.97 Å². The number of fused-ring (bicyclic) bond motifs is 3. The molecule has 0 aliphatic carbocycles. The van der Waals surface area contributed by atoms with E-state index in [1.807, 2.05) is 0 Å². The predicted molar refractivity (Wildman–Crippen MR) is 136 cm³/mol. The Balaban J connectivity index is 1.42. The summed E-state index contributed by atoms with van der Waals surface area (Å²) in [6.07, 6.45) is 4.49. The fraction of sp³-hybridized carbons (Fsp3) is 0.286. The van der Waals surface area contributed by atoms with Crippen LogP contribution in [0.1, 0.15) is 27.1 Å². The number of benzene rings is 2. The summed E-state index contributed by atoms with van der Waals surface area (Å²) >= 11 is 0. The molecule has 0 N–H and O–H groups in total. The Labute approximate surface area is 224 Å². The van der Waals surface area contributed by atoms with Crippen molar-refractivity contribution in [2.75, 3.05) is 27.8 Å². The lowest BCUT2D eigenvalue weighted by molar-refractivity contribution is -0.155. The van der Waals surface area contributed by atoms with Crippen molar-refractivity contribution < 1.29 is 42.9 Å². The number of hydrogen-bond donors (Lipinski definition) is 0. The first-order chi connectivity index (χ1) is 18.8. The first kappa shape index (κ1) is 25.8. The number of rotatable bonds is 7. The fourth-order valence-corrected chi connectivity index (χ4v) is 4.95. The van der Waals surface area contributed by atoms with Crippen LogP contribution >= 0.6 is 0 Å². The molecule has 2 aromatic carbocycles. The van der Waals surface area contributed by atoms with Gasteiger partial charge in [0, 0.05) is 19.0 Å². The van der Waals surface area contributed by atoms with Crippen LogP contribution in [0.5, 0.6) is 23.0 Å². The van der Waals surface area contributed by atoms with Gasteiger partial charge in [-0.1, -0.05) is 0 Å². The molecule has 11 nitrogen and oxygen atoms in total. The average Bonchev–Trinajstić information content (AvgIpc) is 3.23. The second kappa shape index (κ2) is 10.5. The normalized spacial score (nSPS) is 21.7. The van der Waals surface area contributed by atoms with Crippen LogP contribution in [0, 0.1) is 0 Å². The minimum absolute atomic E-state index is 0.0572. The van der Waals surface area contributed by atoms with E-state index in [-0.39, 0.29) is 41.8 Å². The summed E-state index contributed by atoms with van der Waals surface area (Å²) in [5.74, 6) is 0.0404. The summed E-state index contributed by atoms with van der Waals surface area (Å²) in [7, 11) is 4.50. The number of esters is 1. The standard InChI is InChI=1S/C28H26N2O9/c1-29-13-25(32)30-19(27(29)33)11-18-15-37-9-8-22(26(18)30)39-28(34)17-5-7-21(36-3)24(12-17)38-23-10-16(14-31)4-6-20(23)35-2/h4-10,12,14-15,19,22,26H,11,13H2,1-3H3/t19-,22-,26-/m0/s1. The third-order valence-electron chi connectivity index (χ3n) is 6.83. The monoisotopic (exact) mass is 534 g/mol. The lowest BCUT2D eigenvalue weighted by atomic mass is 10.0. The average molecular weight is 535 g/mol. The lowest BCUT2D eigenvalue weighted by Crippen LogP contribution is -2.60. The fourth-order valence-electron chi connectivity index (χ4n) is 4.95. The van der Waals surface area contributed by atoms with E-state index in [0.717, 1.165) is 0 Å². The molecule has 3 aliphatic heterocycles. The molecule has 2 aromatic rings. The largest absolute Gasteiger partial charge is 0.493 e. The van der Waals surface area contributed by atoms with Crippen LogP contribution in [0.2, 0.25) is 0 Å². The van der Waals surface area contributed by atoms with Gasteiger partial charge in [0.1, 0.15) is 18.4 Å². The Kier molecular flexibility index (Phi) is 6.97.